The van der Waals surface area contributed by atoms with Gasteiger partial charge in [0.2, 0.25) is 0 Å². The Morgan fingerprint density at radius 1 is 0.840 bits per heavy atom. The monoisotopic (exact) mass is 332 g/mol. The van der Waals surface area contributed by atoms with E-state index in [9.17, 15) is 9.59 Å². The van der Waals surface area contributed by atoms with Gasteiger partial charge in [0.05, 0.1) is 28.9 Å². The van der Waals surface area contributed by atoms with Gasteiger partial charge in [0.1, 0.15) is 6.10 Å². The van der Waals surface area contributed by atoms with Gasteiger partial charge in [-0.2, -0.15) is 0 Å². The predicted octanol–water partition coefficient (Wildman–Crippen LogP) is 2.80. The first-order chi connectivity index (χ1) is 12.2. The topological polar surface area (TPSA) is 49.9 Å². The Morgan fingerprint density at radius 2 is 1.48 bits per heavy atom. The Hall–Kier alpha value is -2.92. The van der Waals surface area contributed by atoms with Crippen LogP contribution in [-0.4, -0.2) is 34.9 Å². The molecular weight excluding hydrogens is 316 g/mol. The van der Waals surface area contributed by atoms with E-state index in [1.807, 2.05) is 41.5 Å². The number of fused-ring (bicyclic) bond motifs is 3. The SMILES string of the molecule is O=C1c2ccccc2C(=O)N1[C@H]1C[C@H]2C=C[C@@H]1ON2c1ccccc1. The number of para-hydroxylation sites is 1. The molecule has 0 aromatic heterocycles. The third kappa shape index (κ3) is 2.06. The zero-order chi connectivity index (χ0) is 17.0. The average molecular weight is 332 g/mol. The summed E-state index contributed by atoms with van der Waals surface area (Å²) in [4.78, 5) is 33.0. The minimum absolute atomic E-state index is 0.00159. The average Bonchev–Trinajstić information content (AvgIpc) is 2.94. The van der Waals surface area contributed by atoms with Gasteiger partial charge in [-0.1, -0.05) is 42.5 Å². The summed E-state index contributed by atoms with van der Waals surface area (Å²) in [6, 6.07) is 16.6. The predicted molar refractivity (Wildman–Crippen MR) is 92.1 cm³/mol. The molecule has 2 aromatic carbocycles. The number of amides is 2. The lowest BCUT2D eigenvalue weighted by Crippen LogP contribution is -2.59. The molecule has 0 spiro atoms. The van der Waals surface area contributed by atoms with Crippen LogP contribution in [0.15, 0.2) is 66.7 Å². The molecule has 2 bridgehead atoms. The first kappa shape index (κ1) is 14.4. The van der Waals surface area contributed by atoms with Crippen LogP contribution in [-0.2, 0) is 4.84 Å². The molecule has 0 unspecified atom stereocenters. The van der Waals surface area contributed by atoms with Crippen molar-refractivity contribution in [3.05, 3.63) is 77.9 Å². The van der Waals surface area contributed by atoms with Gasteiger partial charge in [-0.05, 0) is 30.7 Å². The first-order valence-electron chi connectivity index (χ1n) is 8.40. The zero-order valence-electron chi connectivity index (χ0n) is 13.4. The van der Waals surface area contributed by atoms with Gasteiger partial charge in [0, 0.05) is 0 Å². The molecule has 1 fully saturated rings. The molecule has 25 heavy (non-hydrogen) atoms. The lowest BCUT2D eigenvalue weighted by atomic mass is 9.91. The molecule has 124 valence electrons. The van der Waals surface area contributed by atoms with Crippen LogP contribution in [0, 0.1) is 0 Å². The number of anilines is 1. The van der Waals surface area contributed by atoms with Gasteiger partial charge >= 0.3 is 0 Å². The van der Waals surface area contributed by atoms with E-state index in [0.717, 1.165) is 5.69 Å². The standard InChI is InChI=1S/C20H16N2O3/c23-19-15-8-4-5-9-16(15)20(24)21(19)17-12-14-10-11-18(17)25-22(14)13-6-2-1-3-7-13/h1-11,14,17-18H,12H2/t14-,17+,18+/m1/s1. The minimum atomic E-state index is -0.326. The van der Waals surface area contributed by atoms with Gasteiger partial charge in [-0.25, -0.2) is 5.06 Å². The Bertz CT molecular complexity index is 858. The van der Waals surface area contributed by atoms with Crippen LogP contribution < -0.4 is 5.06 Å². The Morgan fingerprint density at radius 3 is 2.08 bits per heavy atom. The second kappa shape index (κ2) is 5.29. The van der Waals surface area contributed by atoms with Crippen LogP contribution in [0.5, 0.6) is 0 Å². The van der Waals surface area contributed by atoms with Crippen LogP contribution >= 0.6 is 0 Å². The molecule has 6 rings (SSSR count). The fraction of sp³-hybridized carbons (Fsp3) is 0.200. The number of hydroxylamine groups is 1. The van der Waals surface area contributed by atoms with E-state index in [1.54, 1.807) is 24.3 Å². The molecular formula is C20H16N2O3. The minimum Gasteiger partial charge on any atom is -0.269 e. The number of hydrogen-bond donors (Lipinski definition) is 0. The molecule has 2 aromatic rings. The highest BCUT2D eigenvalue weighted by atomic mass is 16.7. The Kier molecular flexibility index (Phi) is 3.05. The molecule has 0 saturated carbocycles. The highest BCUT2D eigenvalue weighted by Crippen LogP contribution is 2.37. The third-order valence-corrected chi connectivity index (χ3v) is 5.09. The van der Waals surface area contributed by atoms with Gasteiger partial charge in [0.15, 0.2) is 0 Å². The number of carbonyl (C=O) groups is 2. The maximum atomic E-state index is 12.7. The van der Waals surface area contributed by atoms with E-state index in [4.69, 9.17) is 4.84 Å². The molecule has 0 N–H and O–H groups in total. The number of benzene rings is 2. The summed E-state index contributed by atoms with van der Waals surface area (Å²) in [6.45, 7) is 0. The van der Waals surface area contributed by atoms with E-state index in [-0.39, 0.29) is 30.0 Å². The van der Waals surface area contributed by atoms with Crippen LogP contribution in [0.3, 0.4) is 0 Å². The third-order valence-electron chi connectivity index (χ3n) is 5.09. The summed E-state index contributed by atoms with van der Waals surface area (Å²) in [5.41, 5.74) is 1.94. The van der Waals surface area contributed by atoms with Crippen LogP contribution in [0.25, 0.3) is 0 Å². The highest BCUT2D eigenvalue weighted by Gasteiger charge is 2.48. The van der Waals surface area contributed by atoms with Crippen LogP contribution in [0.1, 0.15) is 27.1 Å². The zero-order valence-corrected chi connectivity index (χ0v) is 13.4. The fourth-order valence-corrected chi connectivity index (χ4v) is 3.90. The number of rotatable bonds is 2. The molecule has 2 amide bonds. The molecule has 1 aliphatic carbocycles. The van der Waals surface area contributed by atoms with Crippen LogP contribution in [0.2, 0.25) is 0 Å². The number of imide groups is 1. The van der Waals surface area contributed by atoms with Crippen molar-refractivity contribution in [2.24, 2.45) is 0 Å². The van der Waals surface area contributed by atoms with Crippen molar-refractivity contribution < 1.29 is 14.4 Å². The van der Waals surface area contributed by atoms with E-state index < -0.39 is 0 Å². The second-order valence-electron chi connectivity index (χ2n) is 6.51. The van der Waals surface area contributed by atoms with Crippen molar-refractivity contribution in [3.8, 4) is 0 Å². The van der Waals surface area contributed by atoms with E-state index >= 15 is 0 Å². The summed E-state index contributed by atoms with van der Waals surface area (Å²) in [5.74, 6) is -0.442. The second-order valence-corrected chi connectivity index (χ2v) is 6.51. The van der Waals surface area contributed by atoms with Crippen molar-refractivity contribution in [3.63, 3.8) is 0 Å². The van der Waals surface area contributed by atoms with Crippen molar-refractivity contribution in [1.82, 2.24) is 4.90 Å². The summed E-state index contributed by atoms with van der Waals surface area (Å²) >= 11 is 0. The smallest absolute Gasteiger partial charge is 0.261 e. The largest absolute Gasteiger partial charge is 0.269 e. The summed E-state index contributed by atoms with van der Waals surface area (Å²) in [6.07, 6.45) is 4.39. The van der Waals surface area contributed by atoms with Crippen molar-refractivity contribution in [2.75, 3.05) is 5.06 Å². The van der Waals surface area contributed by atoms with E-state index in [0.29, 0.717) is 17.5 Å². The molecule has 3 heterocycles. The molecule has 4 aliphatic rings. The number of nitrogens with zero attached hydrogens (tertiary/aromatic N) is 2. The van der Waals surface area contributed by atoms with Gasteiger partial charge in [-0.15, -0.1) is 0 Å². The summed E-state index contributed by atoms with van der Waals surface area (Å²) in [5, 5.41) is 1.87. The molecule has 0 radical (unpaired) electrons. The van der Waals surface area contributed by atoms with Crippen LogP contribution in [0.4, 0.5) is 5.69 Å². The van der Waals surface area contributed by atoms with Gasteiger partial charge < -0.3 is 0 Å². The number of carbonyl (C=O) groups excluding carboxylic acids is 2. The Balaban J connectivity index is 1.45. The maximum absolute atomic E-state index is 12.7. The highest BCUT2D eigenvalue weighted by molar-refractivity contribution is 6.21. The molecule has 5 nitrogen and oxygen atoms in total. The summed E-state index contributed by atoms with van der Waals surface area (Å²) in [7, 11) is 0. The fourth-order valence-electron chi connectivity index (χ4n) is 3.90. The van der Waals surface area contributed by atoms with E-state index in [1.165, 1.54) is 4.90 Å². The quantitative estimate of drug-likeness (QED) is 0.627. The molecule has 1 saturated heterocycles. The van der Waals surface area contributed by atoms with Gasteiger partial charge in [-0.3, -0.25) is 19.3 Å². The lowest BCUT2D eigenvalue weighted by Gasteiger charge is -2.47. The lowest BCUT2D eigenvalue weighted by molar-refractivity contribution is -0.0431. The number of hydrogen-bond acceptors (Lipinski definition) is 4. The van der Waals surface area contributed by atoms with Crippen molar-refractivity contribution in [2.45, 2.75) is 24.6 Å². The Labute approximate surface area is 145 Å². The van der Waals surface area contributed by atoms with E-state index in [2.05, 4.69) is 6.08 Å². The molecule has 3 aliphatic heterocycles. The normalized spacial score (nSPS) is 27.1. The molecule has 3 atom stereocenters. The molecule has 5 heteroatoms. The summed E-state index contributed by atoms with van der Waals surface area (Å²) < 4.78 is 0. The van der Waals surface area contributed by atoms with Crippen molar-refractivity contribution in [1.29, 1.82) is 0 Å². The maximum Gasteiger partial charge on any atom is 0.261 e. The first-order valence-corrected chi connectivity index (χ1v) is 8.40. The van der Waals surface area contributed by atoms with Crippen molar-refractivity contribution >= 4 is 17.5 Å². The van der Waals surface area contributed by atoms with Gasteiger partial charge in [0.25, 0.3) is 11.8 Å².